The lowest BCUT2D eigenvalue weighted by atomic mass is 10.0. The maximum Gasteiger partial charge on any atom is 0.127 e. The summed E-state index contributed by atoms with van der Waals surface area (Å²) in [6, 6.07) is 8.63. The number of halogens is 1. The van der Waals surface area contributed by atoms with Gasteiger partial charge < -0.3 is 10.1 Å². The fourth-order valence-electron chi connectivity index (χ4n) is 2.89. The van der Waals surface area contributed by atoms with E-state index in [9.17, 15) is 0 Å². The zero-order chi connectivity index (χ0) is 14.4. The molecule has 0 spiro atoms. The van der Waals surface area contributed by atoms with E-state index < -0.39 is 0 Å². The van der Waals surface area contributed by atoms with Gasteiger partial charge in [-0.15, -0.1) is 22.7 Å². The van der Waals surface area contributed by atoms with Crippen molar-refractivity contribution in [3.63, 3.8) is 0 Å². The minimum absolute atomic E-state index is 0.125. The molecule has 21 heavy (non-hydrogen) atoms. The molecular weight excluding hydrogens is 322 g/mol. The standard InChI is InChI=1S/C16H14ClNOS2/c1-18-15(14-8-13-12(21-14)3-5-20-13)11-7-10(17)6-9-2-4-19-16(9)11/h3,5-8,15,18H,2,4H2,1H3. The summed E-state index contributed by atoms with van der Waals surface area (Å²) in [5.41, 5.74) is 2.36. The molecule has 0 amide bonds. The van der Waals surface area contributed by atoms with Crippen LogP contribution in [0.2, 0.25) is 5.02 Å². The molecule has 0 saturated heterocycles. The molecule has 4 rings (SSSR count). The minimum Gasteiger partial charge on any atom is -0.493 e. The van der Waals surface area contributed by atoms with Crippen molar-refractivity contribution in [2.45, 2.75) is 12.5 Å². The van der Waals surface area contributed by atoms with Gasteiger partial charge in [-0.1, -0.05) is 11.6 Å². The summed E-state index contributed by atoms with van der Waals surface area (Å²) in [5.74, 6) is 1.01. The normalized spacial score (nSPS) is 15.1. The van der Waals surface area contributed by atoms with Gasteiger partial charge in [0, 0.05) is 31.3 Å². The molecule has 0 saturated carbocycles. The highest BCUT2D eigenvalue weighted by Gasteiger charge is 2.25. The molecule has 0 fully saturated rings. The highest BCUT2D eigenvalue weighted by Crippen LogP contribution is 2.42. The topological polar surface area (TPSA) is 21.3 Å². The smallest absolute Gasteiger partial charge is 0.127 e. The lowest BCUT2D eigenvalue weighted by Gasteiger charge is -2.18. The summed E-state index contributed by atoms with van der Waals surface area (Å²) in [4.78, 5) is 1.30. The first-order valence-corrected chi connectivity index (χ1v) is 8.93. The SMILES string of the molecule is CNC(c1cc2sccc2s1)c1cc(Cl)cc2c1OCC2. The monoisotopic (exact) mass is 335 g/mol. The summed E-state index contributed by atoms with van der Waals surface area (Å²) < 4.78 is 8.54. The van der Waals surface area contributed by atoms with E-state index in [0.717, 1.165) is 29.4 Å². The van der Waals surface area contributed by atoms with Crippen molar-refractivity contribution in [3.8, 4) is 5.75 Å². The fraction of sp³-hybridized carbons (Fsp3) is 0.250. The van der Waals surface area contributed by atoms with Crippen molar-refractivity contribution in [2.24, 2.45) is 0 Å². The largest absolute Gasteiger partial charge is 0.493 e. The van der Waals surface area contributed by atoms with Crippen molar-refractivity contribution in [3.05, 3.63) is 50.7 Å². The van der Waals surface area contributed by atoms with Crippen LogP contribution in [0.25, 0.3) is 9.40 Å². The molecule has 3 aromatic rings. The van der Waals surface area contributed by atoms with Crippen LogP contribution in [0.3, 0.4) is 0 Å². The molecule has 1 aromatic carbocycles. The quantitative estimate of drug-likeness (QED) is 0.738. The third-order valence-corrected chi connectivity index (χ3v) is 6.20. The predicted octanol–water partition coefficient (Wildman–Crippen LogP) is 4.86. The van der Waals surface area contributed by atoms with Gasteiger partial charge in [0.2, 0.25) is 0 Å². The van der Waals surface area contributed by atoms with E-state index >= 15 is 0 Å². The Morgan fingerprint density at radius 3 is 3.00 bits per heavy atom. The summed E-state index contributed by atoms with van der Waals surface area (Å²) in [6.07, 6.45) is 0.943. The molecule has 0 aliphatic carbocycles. The fourth-order valence-corrected chi connectivity index (χ4v) is 5.39. The number of rotatable bonds is 3. The molecule has 108 valence electrons. The van der Waals surface area contributed by atoms with Crippen molar-refractivity contribution in [2.75, 3.05) is 13.7 Å². The van der Waals surface area contributed by atoms with E-state index in [4.69, 9.17) is 16.3 Å². The number of fused-ring (bicyclic) bond motifs is 2. The van der Waals surface area contributed by atoms with E-state index in [1.165, 1.54) is 19.8 Å². The molecule has 2 aromatic heterocycles. The van der Waals surface area contributed by atoms with Crippen LogP contribution in [0, 0.1) is 0 Å². The van der Waals surface area contributed by atoms with E-state index in [2.05, 4.69) is 22.8 Å². The molecule has 1 aliphatic rings. The van der Waals surface area contributed by atoms with Crippen LogP contribution < -0.4 is 10.1 Å². The van der Waals surface area contributed by atoms with Crippen molar-refractivity contribution >= 4 is 43.7 Å². The van der Waals surface area contributed by atoms with Gasteiger partial charge in [-0.25, -0.2) is 0 Å². The Kier molecular flexibility index (Phi) is 3.42. The van der Waals surface area contributed by atoms with Crippen molar-refractivity contribution in [1.29, 1.82) is 0 Å². The number of nitrogens with one attached hydrogen (secondary N) is 1. The van der Waals surface area contributed by atoms with Crippen LogP contribution in [0.4, 0.5) is 0 Å². The van der Waals surface area contributed by atoms with Gasteiger partial charge in [-0.3, -0.25) is 0 Å². The molecule has 2 nitrogen and oxygen atoms in total. The summed E-state index contributed by atoms with van der Waals surface area (Å²) in [7, 11) is 1.99. The van der Waals surface area contributed by atoms with Crippen molar-refractivity contribution in [1.82, 2.24) is 5.32 Å². The Balaban J connectivity index is 1.85. The van der Waals surface area contributed by atoms with Gasteiger partial charge in [0.15, 0.2) is 0 Å². The van der Waals surface area contributed by atoms with Crippen LogP contribution >= 0.6 is 34.3 Å². The Hall–Kier alpha value is -1.07. The predicted molar refractivity (Wildman–Crippen MR) is 91.3 cm³/mol. The van der Waals surface area contributed by atoms with E-state index in [1.54, 1.807) is 11.3 Å². The molecule has 1 aliphatic heterocycles. The van der Waals surface area contributed by atoms with Crippen LogP contribution in [-0.2, 0) is 6.42 Å². The van der Waals surface area contributed by atoms with Gasteiger partial charge in [0.25, 0.3) is 0 Å². The summed E-state index contributed by atoms with van der Waals surface area (Å²) in [6.45, 7) is 0.749. The maximum atomic E-state index is 6.30. The first-order chi connectivity index (χ1) is 10.3. The number of hydrogen-bond donors (Lipinski definition) is 1. The van der Waals surface area contributed by atoms with Crippen LogP contribution in [0.15, 0.2) is 29.6 Å². The molecule has 1 unspecified atom stereocenters. The third kappa shape index (κ3) is 2.27. The maximum absolute atomic E-state index is 6.30. The number of benzene rings is 1. The number of hydrogen-bond acceptors (Lipinski definition) is 4. The van der Waals surface area contributed by atoms with E-state index in [0.29, 0.717) is 0 Å². The molecule has 1 atom stereocenters. The molecule has 5 heteroatoms. The number of ether oxygens (including phenoxy) is 1. The van der Waals surface area contributed by atoms with Crippen molar-refractivity contribution < 1.29 is 4.74 Å². The molecular formula is C16H14ClNOS2. The Bertz CT molecular complexity index is 779. The molecule has 3 heterocycles. The third-order valence-electron chi connectivity index (χ3n) is 3.82. The Morgan fingerprint density at radius 2 is 2.19 bits per heavy atom. The van der Waals surface area contributed by atoms with Crippen LogP contribution in [-0.4, -0.2) is 13.7 Å². The first-order valence-electron chi connectivity index (χ1n) is 6.85. The number of thiophene rings is 2. The second-order valence-electron chi connectivity index (χ2n) is 5.10. The summed E-state index contributed by atoms with van der Waals surface area (Å²) in [5, 5.41) is 6.34. The highest BCUT2D eigenvalue weighted by molar-refractivity contribution is 7.27. The minimum atomic E-state index is 0.125. The van der Waals surface area contributed by atoms with Gasteiger partial charge in [0.1, 0.15) is 5.75 Å². The second-order valence-corrected chi connectivity index (χ2v) is 7.60. The lowest BCUT2D eigenvalue weighted by Crippen LogP contribution is -2.17. The summed E-state index contributed by atoms with van der Waals surface area (Å²) >= 11 is 9.91. The average Bonchev–Trinajstić information content (AvgIpc) is 3.13. The first kappa shape index (κ1) is 13.6. The lowest BCUT2D eigenvalue weighted by molar-refractivity contribution is 0.351. The van der Waals surface area contributed by atoms with Gasteiger partial charge in [-0.05, 0) is 42.3 Å². The highest BCUT2D eigenvalue weighted by atomic mass is 35.5. The average molecular weight is 336 g/mol. The molecule has 0 radical (unpaired) electrons. The van der Waals surface area contributed by atoms with Crippen LogP contribution in [0.1, 0.15) is 22.0 Å². The Labute approximate surface area is 136 Å². The second kappa shape index (κ2) is 5.29. The molecule has 0 bridgehead atoms. The van der Waals surface area contributed by atoms with Gasteiger partial charge >= 0.3 is 0 Å². The van der Waals surface area contributed by atoms with Gasteiger partial charge in [-0.2, -0.15) is 0 Å². The van der Waals surface area contributed by atoms with Gasteiger partial charge in [0.05, 0.1) is 12.6 Å². The molecule has 1 N–H and O–H groups in total. The zero-order valence-electron chi connectivity index (χ0n) is 11.5. The van der Waals surface area contributed by atoms with E-state index in [-0.39, 0.29) is 6.04 Å². The van der Waals surface area contributed by atoms with Crippen LogP contribution in [0.5, 0.6) is 5.75 Å². The Morgan fingerprint density at radius 1 is 1.29 bits per heavy atom. The van der Waals surface area contributed by atoms with E-state index in [1.807, 2.05) is 30.5 Å². The zero-order valence-corrected chi connectivity index (χ0v) is 13.9.